The molecular weight excluding hydrogens is 336 g/mol. The Morgan fingerprint density at radius 2 is 1.41 bits per heavy atom. The minimum atomic E-state index is -0.300. The normalized spacial score (nSPS) is 11.1. The molecule has 27 heavy (non-hydrogen) atoms. The molecule has 0 aliphatic carbocycles. The predicted molar refractivity (Wildman–Crippen MR) is 109 cm³/mol. The maximum atomic E-state index is 11.8. The van der Waals surface area contributed by atoms with E-state index in [0.29, 0.717) is 12.2 Å². The Bertz CT molecular complexity index is 908. The van der Waals surface area contributed by atoms with Gasteiger partial charge in [-0.3, -0.25) is 0 Å². The first kappa shape index (κ1) is 18.5. The van der Waals surface area contributed by atoms with Gasteiger partial charge in [0.1, 0.15) is 5.75 Å². The minimum Gasteiger partial charge on any atom is -0.497 e. The van der Waals surface area contributed by atoms with Crippen LogP contribution in [0.5, 0.6) is 5.75 Å². The van der Waals surface area contributed by atoms with Gasteiger partial charge in [0.2, 0.25) is 0 Å². The van der Waals surface area contributed by atoms with E-state index >= 15 is 0 Å². The van der Waals surface area contributed by atoms with Crippen LogP contribution in [0.1, 0.15) is 34.0 Å². The van der Waals surface area contributed by atoms with E-state index in [1.165, 1.54) is 0 Å². The fourth-order valence-electron chi connectivity index (χ4n) is 2.82. The zero-order valence-corrected chi connectivity index (χ0v) is 15.5. The van der Waals surface area contributed by atoms with Crippen LogP contribution in [0.4, 0.5) is 0 Å². The second-order valence-electron chi connectivity index (χ2n) is 6.00. The molecule has 0 N–H and O–H groups in total. The van der Waals surface area contributed by atoms with Gasteiger partial charge in [0.15, 0.2) is 0 Å². The van der Waals surface area contributed by atoms with Gasteiger partial charge in [-0.05, 0) is 59.5 Å². The molecule has 0 bridgehead atoms. The molecule has 3 nitrogen and oxygen atoms in total. The lowest BCUT2D eigenvalue weighted by Crippen LogP contribution is -2.04. The molecule has 0 heterocycles. The van der Waals surface area contributed by atoms with Crippen LogP contribution in [-0.4, -0.2) is 19.7 Å². The number of carbonyl (C=O) groups excluding carboxylic acids is 1. The molecule has 136 valence electrons. The van der Waals surface area contributed by atoms with Crippen molar-refractivity contribution in [2.24, 2.45) is 0 Å². The van der Waals surface area contributed by atoms with Crippen LogP contribution in [0, 0.1) is 0 Å². The number of methoxy groups -OCH3 is 1. The van der Waals surface area contributed by atoms with Crippen molar-refractivity contribution < 1.29 is 14.3 Å². The fourth-order valence-corrected chi connectivity index (χ4v) is 2.82. The highest BCUT2D eigenvalue weighted by atomic mass is 16.5. The first-order valence-corrected chi connectivity index (χ1v) is 8.90. The maximum absolute atomic E-state index is 11.8. The Kier molecular flexibility index (Phi) is 6.06. The van der Waals surface area contributed by atoms with Gasteiger partial charge < -0.3 is 9.47 Å². The second-order valence-corrected chi connectivity index (χ2v) is 6.00. The summed E-state index contributed by atoms with van der Waals surface area (Å²) < 4.78 is 10.3. The largest absolute Gasteiger partial charge is 0.497 e. The first-order chi connectivity index (χ1) is 13.2. The molecule has 0 aliphatic rings. The van der Waals surface area contributed by atoms with Crippen LogP contribution in [0.15, 0.2) is 78.9 Å². The van der Waals surface area contributed by atoms with Gasteiger partial charge in [0, 0.05) is 0 Å². The van der Waals surface area contributed by atoms with E-state index in [1.807, 2.05) is 54.6 Å². The molecule has 0 spiro atoms. The number of rotatable bonds is 6. The van der Waals surface area contributed by atoms with Crippen molar-refractivity contribution in [3.8, 4) is 5.75 Å². The van der Waals surface area contributed by atoms with Gasteiger partial charge in [-0.2, -0.15) is 0 Å². The molecule has 3 aromatic carbocycles. The van der Waals surface area contributed by atoms with Crippen molar-refractivity contribution in [2.75, 3.05) is 13.7 Å². The number of carbonyl (C=O) groups is 1. The van der Waals surface area contributed by atoms with Crippen LogP contribution < -0.4 is 4.74 Å². The molecule has 0 atom stereocenters. The number of benzene rings is 3. The molecule has 0 amide bonds. The van der Waals surface area contributed by atoms with E-state index in [-0.39, 0.29) is 5.97 Å². The summed E-state index contributed by atoms with van der Waals surface area (Å²) in [7, 11) is 1.66. The lowest BCUT2D eigenvalue weighted by atomic mass is 9.95. The summed E-state index contributed by atoms with van der Waals surface area (Å²) in [6.07, 6.45) is 2.12. The fraction of sp³-hybridized carbons (Fsp3) is 0.125. The molecule has 3 heteroatoms. The first-order valence-electron chi connectivity index (χ1n) is 8.90. The van der Waals surface area contributed by atoms with E-state index in [1.54, 1.807) is 26.2 Å². The van der Waals surface area contributed by atoms with E-state index in [2.05, 4.69) is 18.2 Å². The SMILES string of the molecule is CCOC(=O)c1ccc(/C=C(\c2ccccc2)c2ccc(OC)cc2)cc1. The van der Waals surface area contributed by atoms with Crippen LogP contribution in [0.2, 0.25) is 0 Å². The summed E-state index contributed by atoms with van der Waals surface area (Å²) >= 11 is 0. The van der Waals surface area contributed by atoms with Gasteiger partial charge in [-0.15, -0.1) is 0 Å². The van der Waals surface area contributed by atoms with Gasteiger partial charge in [-0.25, -0.2) is 4.79 Å². The molecule has 0 fully saturated rings. The van der Waals surface area contributed by atoms with Crippen molar-refractivity contribution >= 4 is 17.6 Å². The molecule has 0 saturated carbocycles. The van der Waals surface area contributed by atoms with Crippen LogP contribution >= 0.6 is 0 Å². The molecule has 3 rings (SSSR count). The second kappa shape index (κ2) is 8.86. The van der Waals surface area contributed by atoms with Gasteiger partial charge in [0.25, 0.3) is 0 Å². The number of hydrogen-bond acceptors (Lipinski definition) is 3. The Labute approximate surface area is 159 Å². The van der Waals surface area contributed by atoms with E-state index in [0.717, 1.165) is 28.0 Å². The molecular formula is C24H22O3. The number of ether oxygens (including phenoxy) is 2. The number of hydrogen-bond donors (Lipinski definition) is 0. The van der Waals surface area contributed by atoms with Gasteiger partial charge in [0.05, 0.1) is 19.3 Å². The minimum absolute atomic E-state index is 0.300. The Hall–Kier alpha value is -3.33. The molecule has 0 aliphatic heterocycles. The highest BCUT2D eigenvalue weighted by Gasteiger charge is 2.08. The van der Waals surface area contributed by atoms with Crippen molar-refractivity contribution in [3.05, 3.63) is 101 Å². The Morgan fingerprint density at radius 3 is 2.00 bits per heavy atom. The summed E-state index contributed by atoms with van der Waals surface area (Å²) in [6, 6.07) is 25.7. The van der Waals surface area contributed by atoms with Crippen molar-refractivity contribution in [2.45, 2.75) is 6.92 Å². The van der Waals surface area contributed by atoms with Gasteiger partial charge in [-0.1, -0.05) is 54.6 Å². The topological polar surface area (TPSA) is 35.5 Å². The van der Waals surface area contributed by atoms with Crippen molar-refractivity contribution in [1.29, 1.82) is 0 Å². The Balaban J connectivity index is 1.98. The quantitative estimate of drug-likeness (QED) is 0.433. The van der Waals surface area contributed by atoms with E-state index in [4.69, 9.17) is 9.47 Å². The van der Waals surface area contributed by atoms with Crippen LogP contribution in [0.25, 0.3) is 11.6 Å². The molecule has 3 aromatic rings. The third-order valence-corrected chi connectivity index (χ3v) is 4.22. The lowest BCUT2D eigenvalue weighted by molar-refractivity contribution is 0.0526. The van der Waals surface area contributed by atoms with E-state index < -0.39 is 0 Å². The summed E-state index contributed by atoms with van der Waals surface area (Å²) in [6.45, 7) is 2.17. The third kappa shape index (κ3) is 4.64. The van der Waals surface area contributed by atoms with Crippen molar-refractivity contribution in [3.63, 3.8) is 0 Å². The zero-order valence-electron chi connectivity index (χ0n) is 15.5. The molecule has 0 saturated heterocycles. The maximum Gasteiger partial charge on any atom is 0.338 e. The monoisotopic (exact) mass is 358 g/mol. The summed E-state index contributed by atoms with van der Waals surface area (Å²) in [5.74, 6) is 0.524. The Morgan fingerprint density at radius 1 is 0.815 bits per heavy atom. The average molecular weight is 358 g/mol. The lowest BCUT2D eigenvalue weighted by Gasteiger charge is -2.10. The van der Waals surface area contributed by atoms with E-state index in [9.17, 15) is 4.79 Å². The summed E-state index contributed by atoms with van der Waals surface area (Å²) in [5.41, 5.74) is 4.88. The highest BCUT2D eigenvalue weighted by molar-refractivity contribution is 5.93. The molecule has 0 aromatic heterocycles. The number of esters is 1. The summed E-state index contributed by atoms with van der Waals surface area (Å²) in [5, 5.41) is 0. The average Bonchev–Trinajstić information content (AvgIpc) is 2.73. The molecule has 0 unspecified atom stereocenters. The predicted octanol–water partition coefficient (Wildman–Crippen LogP) is 5.46. The highest BCUT2D eigenvalue weighted by Crippen LogP contribution is 2.27. The van der Waals surface area contributed by atoms with Crippen LogP contribution in [-0.2, 0) is 4.74 Å². The third-order valence-electron chi connectivity index (χ3n) is 4.22. The van der Waals surface area contributed by atoms with Gasteiger partial charge >= 0.3 is 5.97 Å². The smallest absolute Gasteiger partial charge is 0.338 e. The standard InChI is InChI=1S/C24H22O3/c1-3-27-24(25)21-11-9-18(10-12-21)17-23(19-7-5-4-6-8-19)20-13-15-22(26-2)16-14-20/h4-17H,3H2,1-2H3/b23-17+. The zero-order chi connectivity index (χ0) is 19.1. The molecule has 0 radical (unpaired) electrons. The van der Waals surface area contributed by atoms with Crippen molar-refractivity contribution in [1.82, 2.24) is 0 Å². The van der Waals surface area contributed by atoms with Crippen LogP contribution in [0.3, 0.4) is 0 Å². The summed E-state index contributed by atoms with van der Waals surface area (Å²) in [4.78, 5) is 11.8.